The molecule has 5 heteroatoms. The van der Waals surface area contributed by atoms with Crippen LogP contribution in [0.25, 0.3) is 0 Å². The number of benzene rings is 1. The SMILES string of the molecule is CCC(=O)N(CC)CCN1C(=O)C(C)SC1c1ccccc1C. The van der Waals surface area contributed by atoms with Crippen LogP contribution in [0.1, 0.15) is 43.7 Å². The first kappa shape index (κ1) is 17.9. The summed E-state index contributed by atoms with van der Waals surface area (Å²) in [5, 5.41) is 0.0192. The van der Waals surface area contributed by atoms with E-state index in [1.807, 2.05) is 42.7 Å². The van der Waals surface area contributed by atoms with Crippen molar-refractivity contribution >= 4 is 23.6 Å². The van der Waals surface area contributed by atoms with Crippen molar-refractivity contribution in [3.63, 3.8) is 0 Å². The topological polar surface area (TPSA) is 40.6 Å². The first-order valence-electron chi connectivity index (χ1n) is 8.28. The van der Waals surface area contributed by atoms with E-state index in [1.165, 1.54) is 11.1 Å². The minimum atomic E-state index is -0.0310. The second-order valence-corrected chi connectivity index (χ2v) is 7.27. The van der Waals surface area contributed by atoms with Crippen molar-refractivity contribution in [2.45, 2.75) is 44.7 Å². The third-order valence-electron chi connectivity index (χ3n) is 4.35. The van der Waals surface area contributed by atoms with E-state index in [0.29, 0.717) is 26.1 Å². The molecule has 2 rings (SSSR count). The van der Waals surface area contributed by atoms with Gasteiger partial charge >= 0.3 is 0 Å². The van der Waals surface area contributed by atoms with Crippen LogP contribution in [0.2, 0.25) is 0 Å². The van der Waals surface area contributed by atoms with Crippen molar-refractivity contribution in [2.75, 3.05) is 19.6 Å². The van der Waals surface area contributed by atoms with Gasteiger partial charge in [0.2, 0.25) is 11.8 Å². The standard InChI is InChI=1S/C18H26N2O2S/c1-5-16(21)19(6-2)11-12-20-17(22)14(4)23-18(20)15-10-8-7-9-13(15)3/h7-10,14,18H,5-6,11-12H2,1-4H3. The van der Waals surface area contributed by atoms with Gasteiger partial charge in [-0.1, -0.05) is 31.2 Å². The molecule has 1 aliphatic heterocycles. The molecular formula is C18H26N2O2S. The highest BCUT2D eigenvalue weighted by Crippen LogP contribution is 2.43. The number of carbonyl (C=O) groups is 2. The molecule has 2 atom stereocenters. The number of rotatable bonds is 6. The fourth-order valence-electron chi connectivity index (χ4n) is 2.92. The van der Waals surface area contributed by atoms with Gasteiger partial charge in [0.25, 0.3) is 0 Å². The van der Waals surface area contributed by atoms with E-state index in [4.69, 9.17) is 0 Å². The Kier molecular flexibility index (Phi) is 6.10. The number of aryl methyl sites for hydroxylation is 1. The number of hydrogen-bond donors (Lipinski definition) is 0. The molecule has 1 aliphatic rings. The largest absolute Gasteiger partial charge is 0.341 e. The number of nitrogens with zero attached hydrogens (tertiary/aromatic N) is 2. The first-order valence-corrected chi connectivity index (χ1v) is 9.23. The lowest BCUT2D eigenvalue weighted by molar-refractivity contribution is -0.134. The summed E-state index contributed by atoms with van der Waals surface area (Å²) < 4.78 is 0. The molecule has 0 radical (unpaired) electrons. The van der Waals surface area contributed by atoms with Crippen molar-refractivity contribution in [1.82, 2.24) is 9.80 Å². The Morgan fingerprint density at radius 2 is 2.00 bits per heavy atom. The Morgan fingerprint density at radius 3 is 2.61 bits per heavy atom. The minimum Gasteiger partial charge on any atom is -0.341 e. The van der Waals surface area contributed by atoms with Crippen molar-refractivity contribution in [3.8, 4) is 0 Å². The monoisotopic (exact) mass is 334 g/mol. The highest BCUT2D eigenvalue weighted by Gasteiger charge is 2.38. The van der Waals surface area contributed by atoms with E-state index in [9.17, 15) is 9.59 Å². The van der Waals surface area contributed by atoms with Crippen LogP contribution in [0.3, 0.4) is 0 Å². The molecule has 23 heavy (non-hydrogen) atoms. The predicted molar refractivity (Wildman–Crippen MR) is 95.2 cm³/mol. The van der Waals surface area contributed by atoms with Gasteiger partial charge in [-0.25, -0.2) is 0 Å². The summed E-state index contributed by atoms with van der Waals surface area (Å²) in [6, 6.07) is 8.22. The Labute approximate surface area is 143 Å². The molecule has 0 aromatic heterocycles. The summed E-state index contributed by atoms with van der Waals surface area (Å²) in [5.41, 5.74) is 2.40. The third kappa shape index (κ3) is 3.89. The number of hydrogen-bond acceptors (Lipinski definition) is 3. The number of likely N-dealkylation sites (N-methyl/N-ethyl adjacent to an activating group) is 1. The van der Waals surface area contributed by atoms with E-state index < -0.39 is 0 Å². The van der Waals surface area contributed by atoms with Crippen LogP contribution < -0.4 is 0 Å². The maximum Gasteiger partial charge on any atom is 0.236 e. The van der Waals surface area contributed by atoms with Crippen LogP contribution in [-0.2, 0) is 9.59 Å². The lowest BCUT2D eigenvalue weighted by atomic mass is 10.1. The quantitative estimate of drug-likeness (QED) is 0.802. The highest BCUT2D eigenvalue weighted by molar-refractivity contribution is 8.01. The van der Waals surface area contributed by atoms with Crippen molar-refractivity contribution in [1.29, 1.82) is 0 Å². The molecular weight excluding hydrogens is 308 g/mol. The highest BCUT2D eigenvalue weighted by atomic mass is 32.2. The molecule has 1 aromatic carbocycles. The number of thioether (sulfide) groups is 1. The Bertz CT molecular complexity index is 576. The molecule has 4 nitrogen and oxygen atoms in total. The van der Waals surface area contributed by atoms with Gasteiger partial charge in [0.15, 0.2) is 0 Å². The zero-order valence-corrected chi connectivity index (χ0v) is 15.2. The van der Waals surface area contributed by atoms with Gasteiger partial charge in [-0.15, -0.1) is 11.8 Å². The molecule has 2 amide bonds. The number of carbonyl (C=O) groups excluding carboxylic acids is 2. The molecule has 0 spiro atoms. The predicted octanol–water partition coefficient (Wildman–Crippen LogP) is 3.22. The fourth-order valence-corrected chi connectivity index (χ4v) is 4.32. The summed E-state index contributed by atoms with van der Waals surface area (Å²) in [7, 11) is 0. The Balaban J connectivity index is 2.15. The zero-order chi connectivity index (χ0) is 17.0. The second-order valence-electron chi connectivity index (χ2n) is 5.85. The molecule has 1 fully saturated rings. The van der Waals surface area contributed by atoms with Gasteiger partial charge in [-0.05, 0) is 31.9 Å². The van der Waals surface area contributed by atoms with E-state index in [-0.39, 0.29) is 22.4 Å². The normalized spacial score (nSPS) is 20.9. The van der Waals surface area contributed by atoms with Crippen LogP contribution in [-0.4, -0.2) is 46.5 Å². The summed E-state index contributed by atoms with van der Waals surface area (Å²) >= 11 is 1.70. The average Bonchev–Trinajstić information content (AvgIpc) is 2.83. The molecule has 1 saturated heterocycles. The van der Waals surface area contributed by atoms with Crippen LogP contribution in [0.4, 0.5) is 0 Å². The van der Waals surface area contributed by atoms with Crippen molar-refractivity contribution in [2.24, 2.45) is 0 Å². The molecule has 0 bridgehead atoms. The lowest BCUT2D eigenvalue weighted by Crippen LogP contribution is -2.40. The van der Waals surface area contributed by atoms with Crippen LogP contribution in [0, 0.1) is 6.92 Å². The Morgan fingerprint density at radius 1 is 1.30 bits per heavy atom. The van der Waals surface area contributed by atoms with E-state index in [2.05, 4.69) is 19.1 Å². The minimum absolute atomic E-state index is 0.0310. The molecule has 2 unspecified atom stereocenters. The van der Waals surface area contributed by atoms with E-state index in [0.717, 1.165) is 0 Å². The molecule has 126 valence electrons. The summed E-state index contributed by atoms with van der Waals surface area (Å²) in [5.74, 6) is 0.315. The maximum absolute atomic E-state index is 12.5. The summed E-state index contributed by atoms with van der Waals surface area (Å²) in [6.45, 7) is 9.79. The van der Waals surface area contributed by atoms with Gasteiger partial charge in [-0.3, -0.25) is 9.59 Å². The van der Waals surface area contributed by atoms with Gasteiger partial charge in [0.1, 0.15) is 5.37 Å². The molecule has 0 aliphatic carbocycles. The smallest absolute Gasteiger partial charge is 0.236 e. The van der Waals surface area contributed by atoms with Crippen LogP contribution in [0.5, 0.6) is 0 Å². The van der Waals surface area contributed by atoms with Gasteiger partial charge in [0, 0.05) is 26.1 Å². The average molecular weight is 334 g/mol. The first-order chi connectivity index (χ1) is 11.0. The van der Waals surface area contributed by atoms with Crippen molar-refractivity contribution in [3.05, 3.63) is 35.4 Å². The fraction of sp³-hybridized carbons (Fsp3) is 0.556. The lowest BCUT2D eigenvalue weighted by Gasteiger charge is -2.28. The molecule has 1 heterocycles. The van der Waals surface area contributed by atoms with Gasteiger partial charge < -0.3 is 9.80 Å². The maximum atomic E-state index is 12.5. The molecule has 0 saturated carbocycles. The van der Waals surface area contributed by atoms with Crippen molar-refractivity contribution < 1.29 is 9.59 Å². The number of amides is 2. The second kappa shape index (κ2) is 7.86. The van der Waals surface area contributed by atoms with E-state index in [1.54, 1.807) is 11.8 Å². The zero-order valence-electron chi connectivity index (χ0n) is 14.4. The third-order valence-corrected chi connectivity index (χ3v) is 5.73. The summed E-state index contributed by atoms with van der Waals surface area (Å²) in [4.78, 5) is 28.2. The Hall–Kier alpha value is -1.49. The van der Waals surface area contributed by atoms with E-state index >= 15 is 0 Å². The van der Waals surface area contributed by atoms with Crippen LogP contribution in [0.15, 0.2) is 24.3 Å². The molecule has 0 N–H and O–H groups in total. The van der Waals surface area contributed by atoms with Gasteiger partial charge in [-0.2, -0.15) is 0 Å². The van der Waals surface area contributed by atoms with Crippen LogP contribution >= 0.6 is 11.8 Å². The summed E-state index contributed by atoms with van der Waals surface area (Å²) in [6.07, 6.45) is 0.508. The van der Waals surface area contributed by atoms with Gasteiger partial charge in [0.05, 0.1) is 5.25 Å². The molecule has 1 aromatic rings.